The first-order valence-corrected chi connectivity index (χ1v) is 9.95. The van der Waals surface area contributed by atoms with Crippen LogP contribution < -0.4 is 0 Å². The van der Waals surface area contributed by atoms with Crippen LogP contribution in [0.15, 0.2) is 46.0 Å². The number of nitrogens with zero attached hydrogens (tertiary/aromatic N) is 4. The first-order chi connectivity index (χ1) is 11.9. The van der Waals surface area contributed by atoms with E-state index in [4.69, 9.17) is 0 Å². The Morgan fingerprint density at radius 2 is 1.76 bits per heavy atom. The lowest BCUT2D eigenvalue weighted by Crippen LogP contribution is -2.50. The van der Waals surface area contributed by atoms with Gasteiger partial charge in [0.2, 0.25) is 10.0 Å². The molecule has 0 bridgehead atoms. The zero-order valence-electron chi connectivity index (χ0n) is 13.6. The van der Waals surface area contributed by atoms with Crippen LogP contribution in [0, 0.1) is 6.92 Å². The highest BCUT2D eigenvalue weighted by atomic mass is 79.9. The zero-order valence-corrected chi connectivity index (χ0v) is 16.0. The molecule has 1 amide bonds. The SMILES string of the molecule is Cc1cnc(C(=O)N2CCN(S(=O)(=O)c3ccccc3Br)CC2)cn1. The van der Waals surface area contributed by atoms with Crippen molar-refractivity contribution in [3.05, 3.63) is 52.5 Å². The molecule has 0 spiro atoms. The average Bonchev–Trinajstić information content (AvgIpc) is 2.62. The van der Waals surface area contributed by atoms with E-state index in [9.17, 15) is 13.2 Å². The number of amides is 1. The summed E-state index contributed by atoms with van der Waals surface area (Å²) in [6.45, 7) is 2.92. The van der Waals surface area contributed by atoms with E-state index in [0.717, 1.165) is 5.69 Å². The van der Waals surface area contributed by atoms with Crippen molar-refractivity contribution in [2.24, 2.45) is 0 Å². The number of carbonyl (C=O) groups excluding carboxylic acids is 1. The Morgan fingerprint density at radius 3 is 2.36 bits per heavy atom. The summed E-state index contributed by atoms with van der Waals surface area (Å²) in [5, 5.41) is 0. The molecule has 132 valence electrons. The van der Waals surface area contributed by atoms with E-state index in [1.807, 2.05) is 0 Å². The molecule has 0 unspecified atom stereocenters. The largest absolute Gasteiger partial charge is 0.335 e. The monoisotopic (exact) mass is 424 g/mol. The summed E-state index contributed by atoms with van der Waals surface area (Å²) >= 11 is 3.28. The number of halogens is 1. The van der Waals surface area contributed by atoms with Crippen LogP contribution in [0.3, 0.4) is 0 Å². The van der Waals surface area contributed by atoms with E-state index in [-0.39, 0.29) is 29.6 Å². The van der Waals surface area contributed by atoms with Gasteiger partial charge in [0.25, 0.3) is 5.91 Å². The highest BCUT2D eigenvalue weighted by molar-refractivity contribution is 9.10. The molecule has 1 aromatic heterocycles. The molecule has 2 heterocycles. The second-order valence-electron chi connectivity index (χ2n) is 5.67. The molecule has 1 aromatic carbocycles. The average molecular weight is 425 g/mol. The van der Waals surface area contributed by atoms with Gasteiger partial charge in [-0.3, -0.25) is 9.78 Å². The van der Waals surface area contributed by atoms with Gasteiger partial charge in [-0.25, -0.2) is 13.4 Å². The molecule has 0 N–H and O–H groups in total. The highest BCUT2D eigenvalue weighted by Crippen LogP contribution is 2.25. The van der Waals surface area contributed by atoms with Crippen molar-refractivity contribution in [1.29, 1.82) is 0 Å². The number of benzene rings is 1. The molecule has 0 saturated carbocycles. The minimum absolute atomic E-state index is 0.231. The Balaban J connectivity index is 1.70. The minimum Gasteiger partial charge on any atom is -0.335 e. The van der Waals surface area contributed by atoms with Gasteiger partial charge < -0.3 is 4.90 Å². The number of piperazine rings is 1. The van der Waals surface area contributed by atoms with E-state index >= 15 is 0 Å². The first kappa shape index (κ1) is 18.0. The fourth-order valence-electron chi connectivity index (χ4n) is 2.59. The molecule has 0 radical (unpaired) electrons. The van der Waals surface area contributed by atoms with Crippen molar-refractivity contribution in [3.63, 3.8) is 0 Å². The lowest BCUT2D eigenvalue weighted by molar-refractivity contribution is 0.0691. The molecule has 1 saturated heterocycles. The maximum atomic E-state index is 12.8. The van der Waals surface area contributed by atoms with E-state index in [0.29, 0.717) is 17.6 Å². The summed E-state index contributed by atoms with van der Waals surface area (Å²) in [7, 11) is -3.59. The summed E-state index contributed by atoms with van der Waals surface area (Å²) in [5.74, 6) is -0.231. The van der Waals surface area contributed by atoms with Gasteiger partial charge >= 0.3 is 0 Å². The number of sulfonamides is 1. The number of hydrogen-bond acceptors (Lipinski definition) is 5. The predicted molar refractivity (Wildman–Crippen MR) is 95.6 cm³/mol. The molecule has 3 rings (SSSR count). The molecule has 1 aliphatic rings. The highest BCUT2D eigenvalue weighted by Gasteiger charge is 2.31. The molecular weight excluding hydrogens is 408 g/mol. The van der Waals surface area contributed by atoms with Crippen LogP contribution in [0.1, 0.15) is 16.2 Å². The molecule has 9 heteroatoms. The van der Waals surface area contributed by atoms with Crippen LogP contribution in [0.25, 0.3) is 0 Å². The summed E-state index contributed by atoms with van der Waals surface area (Å²) in [6, 6.07) is 6.72. The Morgan fingerprint density at radius 1 is 1.08 bits per heavy atom. The van der Waals surface area contributed by atoms with Gasteiger partial charge in [-0.05, 0) is 35.0 Å². The molecule has 1 aliphatic heterocycles. The van der Waals surface area contributed by atoms with Crippen molar-refractivity contribution < 1.29 is 13.2 Å². The van der Waals surface area contributed by atoms with E-state index in [1.54, 1.807) is 42.3 Å². The lowest BCUT2D eigenvalue weighted by Gasteiger charge is -2.33. The maximum absolute atomic E-state index is 12.8. The smallest absolute Gasteiger partial charge is 0.274 e. The third-order valence-corrected chi connectivity index (χ3v) is 6.89. The third-order valence-electron chi connectivity index (χ3n) is 3.98. The Bertz CT molecular complexity index is 879. The summed E-state index contributed by atoms with van der Waals surface area (Å²) in [5.41, 5.74) is 1.01. The van der Waals surface area contributed by atoms with Crippen LogP contribution in [0.2, 0.25) is 0 Å². The first-order valence-electron chi connectivity index (χ1n) is 7.72. The van der Waals surface area contributed by atoms with Crippen molar-refractivity contribution in [2.75, 3.05) is 26.2 Å². The van der Waals surface area contributed by atoms with Gasteiger partial charge in [0.05, 0.1) is 16.8 Å². The fourth-order valence-corrected chi connectivity index (χ4v) is 4.98. The molecule has 1 fully saturated rings. The molecule has 0 aliphatic carbocycles. The number of carbonyl (C=O) groups is 1. The second kappa shape index (κ2) is 7.19. The quantitative estimate of drug-likeness (QED) is 0.748. The number of rotatable bonds is 3. The van der Waals surface area contributed by atoms with Crippen LogP contribution in [0.4, 0.5) is 0 Å². The van der Waals surface area contributed by atoms with Gasteiger partial charge in [-0.15, -0.1) is 0 Å². The van der Waals surface area contributed by atoms with Crippen LogP contribution in [0.5, 0.6) is 0 Å². The van der Waals surface area contributed by atoms with E-state index in [2.05, 4.69) is 25.9 Å². The zero-order chi connectivity index (χ0) is 18.0. The predicted octanol–water partition coefficient (Wildman–Crippen LogP) is 1.69. The van der Waals surface area contributed by atoms with Gasteiger partial charge in [0, 0.05) is 36.8 Å². The van der Waals surface area contributed by atoms with Gasteiger partial charge in [-0.2, -0.15) is 4.31 Å². The Labute approximate surface area is 154 Å². The normalized spacial score (nSPS) is 16.0. The van der Waals surface area contributed by atoms with E-state index in [1.165, 1.54) is 10.5 Å². The minimum atomic E-state index is -3.59. The fraction of sp³-hybridized carbons (Fsp3) is 0.312. The summed E-state index contributed by atoms with van der Waals surface area (Å²) in [6.07, 6.45) is 2.99. The third kappa shape index (κ3) is 3.73. The second-order valence-corrected chi connectivity index (χ2v) is 8.43. The summed E-state index contributed by atoms with van der Waals surface area (Å²) in [4.78, 5) is 22.4. The van der Waals surface area contributed by atoms with Crippen molar-refractivity contribution in [1.82, 2.24) is 19.2 Å². The lowest BCUT2D eigenvalue weighted by atomic mass is 10.3. The van der Waals surface area contributed by atoms with Crippen molar-refractivity contribution >= 4 is 31.9 Å². The Kier molecular flexibility index (Phi) is 5.16. The van der Waals surface area contributed by atoms with Crippen molar-refractivity contribution in [2.45, 2.75) is 11.8 Å². The maximum Gasteiger partial charge on any atom is 0.274 e. The standard InChI is InChI=1S/C16H17BrN4O3S/c1-12-10-19-14(11-18-12)16(22)20-6-8-21(9-7-20)25(23,24)15-5-3-2-4-13(15)17/h2-5,10-11H,6-9H2,1H3. The van der Waals surface area contributed by atoms with Crippen LogP contribution in [-0.4, -0.2) is 59.7 Å². The molecule has 0 atom stereocenters. The number of hydrogen-bond donors (Lipinski definition) is 0. The molecule has 2 aromatic rings. The molecule has 25 heavy (non-hydrogen) atoms. The topological polar surface area (TPSA) is 83.5 Å². The number of aryl methyl sites for hydroxylation is 1. The molecular formula is C16H17BrN4O3S. The van der Waals surface area contributed by atoms with Crippen LogP contribution in [-0.2, 0) is 10.0 Å². The Hall–Kier alpha value is -1.84. The summed E-state index contributed by atoms with van der Waals surface area (Å²) < 4.78 is 27.5. The van der Waals surface area contributed by atoms with Crippen LogP contribution >= 0.6 is 15.9 Å². The van der Waals surface area contributed by atoms with Gasteiger partial charge in [0.15, 0.2) is 0 Å². The van der Waals surface area contributed by atoms with Crippen molar-refractivity contribution in [3.8, 4) is 0 Å². The van der Waals surface area contributed by atoms with Gasteiger partial charge in [0.1, 0.15) is 5.69 Å². The number of aromatic nitrogens is 2. The van der Waals surface area contributed by atoms with Gasteiger partial charge in [-0.1, -0.05) is 12.1 Å². The van der Waals surface area contributed by atoms with E-state index < -0.39 is 10.0 Å². The molecule has 7 nitrogen and oxygen atoms in total.